The molecule has 0 saturated carbocycles. The molecule has 13 heteroatoms. The van der Waals surface area contributed by atoms with Gasteiger partial charge >= 0.3 is 12.2 Å². The van der Waals surface area contributed by atoms with E-state index in [2.05, 4.69) is 31.0 Å². The summed E-state index contributed by atoms with van der Waals surface area (Å²) in [7, 11) is 0. The van der Waals surface area contributed by atoms with E-state index in [1.807, 2.05) is 31.2 Å². The molecule has 2 heterocycles. The fraction of sp³-hybridized carbons (Fsp3) is 0.300. The van der Waals surface area contributed by atoms with Crippen molar-refractivity contribution in [2.45, 2.75) is 19.5 Å². The van der Waals surface area contributed by atoms with Crippen LogP contribution in [-0.4, -0.2) is 66.4 Å². The van der Waals surface area contributed by atoms with E-state index in [9.17, 15) is 22.8 Å². The van der Waals surface area contributed by atoms with E-state index in [4.69, 9.17) is 16.3 Å². The molecule has 226 valence electrons. The zero-order chi connectivity index (χ0) is 30.6. The highest BCUT2D eigenvalue weighted by Crippen LogP contribution is 2.36. The number of ether oxygens (including phenoxy) is 1. The first-order chi connectivity index (χ1) is 20.6. The number of carbonyl (C=O) groups excluding carboxylic acids is 2. The summed E-state index contributed by atoms with van der Waals surface area (Å²) < 4.78 is 44.9. The zero-order valence-corrected chi connectivity index (χ0v) is 24.0. The monoisotopic (exact) mass is 614 g/mol. The predicted octanol–water partition coefficient (Wildman–Crippen LogP) is 5.85. The second-order valence-electron chi connectivity index (χ2n) is 10.2. The van der Waals surface area contributed by atoms with E-state index in [0.717, 1.165) is 53.8 Å². The first kappa shape index (κ1) is 30.3. The SMILES string of the molecule is Cc1ccc(NC(=O)Nc2ccc(Cl)c(C(F)(F)F)c2)cc1-c1ccc2c(CC(=O)NCCN3CCOCC3)[nH]nc2c1. The number of benzene rings is 3. The maximum atomic E-state index is 13.2. The number of halogens is 4. The van der Waals surface area contributed by atoms with Gasteiger partial charge in [0.05, 0.1) is 41.4 Å². The fourth-order valence-electron chi connectivity index (χ4n) is 4.90. The van der Waals surface area contributed by atoms with Gasteiger partial charge in [-0.3, -0.25) is 14.8 Å². The topological polar surface area (TPSA) is 111 Å². The molecule has 4 aromatic rings. The van der Waals surface area contributed by atoms with Crippen molar-refractivity contribution < 1.29 is 27.5 Å². The number of hydrogen-bond acceptors (Lipinski definition) is 5. The molecule has 43 heavy (non-hydrogen) atoms. The number of alkyl halides is 3. The minimum absolute atomic E-state index is 0.0490. The summed E-state index contributed by atoms with van der Waals surface area (Å²) in [5, 5.41) is 15.8. The fourth-order valence-corrected chi connectivity index (χ4v) is 5.12. The molecule has 0 bridgehead atoms. The van der Waals surface area contributed by atoms with Crippen LogP contribution in [0.1, 0.15) is 16.8 Å². The van der Waals surface area contributed by atoms with E-state index in [-0.39, 0.29) is 18.0 Å². The van der Waals surface area contributed by atoms with Gasteiger partial charge in [-0.2, -0.15) is 18.3 Å². The number of nitrogens with zero attached hydrogens (tertiary/aromatic N) is 2. The molecule has 1 saturated heterocycles. The van der Waals surface area contributed by atoms with Crippen LogP contribution in [-0.2, 0) is 22.1 Å². The number of urea groups is 1. The smallest absolute Gasteiger partial charge is 0.379 e. The average molecular weight is 615 g/mol. The van der Waals surface area contributed by atoms with Gasteiger partial charge in [-0.25, -0.2) is 4.79 Å². The summed E-state index contributed by atoms with van der Waals surface area (Å²) in [5.74, 6) is -0.0935. The number of fused-ring (bicyclic) bond motifs is 1. The second kappa shape index (κ2) is 13.0. The molecule has 3 amide bonds. The largest absolute Gasteiger partial charge is 0.417 e. The van der Waals surface area contributed by atoms with Gasteiger partial charge in [-0.15, -0.1) is 0 Å². The van der Waals surface area contributed by atoms with Crippen molar-refractivity contribution in [3.63, 3.8) is 0 Å². The van der Waals surface area contributed by atoms with E-state index < -0.39 is 22.8 Å². The van der Waals surface area contributed by atoms with Gasteiger partial charge in [0, 0.05) is 42.9 Å². The molecule has 0 spiro atoms. The van der Waals surface area contributed by atoms with Crippen molar-refractivity contribution >= 4 is 45.8 Å². The lowest BCUT2D eigenvalue weighted by molar-refractivity contribution is -0.137. The molecule has 4 N–H and O–H groups in total. The van der Waals surface area contributed by atoms with Crippen molar-refractivity contribution in [1.29, 1.82) is 0 Å². The molecule has 0 atom stereocenters. The summed E-state index contributed by atoms with van der Waals surface area (Å²) in [5.41, 5.74) is 3.37. The van der Waals surface area contributed by atoms with Crippen LogP contribution in [0.4, 0.5) is 29.3 Å². The summed E-state index contributed by atoms with van der Waals surface area (Å²) >= 11 is 5.66. The Morgan fingerprint density at radius 3 is 2.49 bits per heavy atom. The van der Waals surface area contributed by atoms with E-state index >= 15 is 0 Å². The minimum Gasteiger partial charge on any atom is -0.379 e. The Labute approximate surface area is 250 Å². The summed E-state index contributed by atoms with van der Waals surface area (Å²) in [4.78, 5) is 27.4. The van der Waals surface area contributed by atoms with Crippen molar-refractivity contribution in [3.05, 3.63) is 76.4 Å². The molecule has 0 unspecified atom stereocenters. The average Bonchev–Trinajstić information content (AvgIpc) is 3.36. The predicted molar refractivity (Wildman–Crippen MR) is 159 cm³/mol. The van der Waals surface area contributed by atoms with Crippen LogP contribution in [0.3, 0.4) is 0 Å². The van der Waals surface area contributed by atoms with E-state index in [1.54, 1.807) is 12.1 Å². The number of anilines is 2. The molecular formula is C30H30ClF3N6O3. The van der Waals surface area contributed by atoms with Crippen LogP contribution in [0.5, 0.6) is 0 Å². The number of amides is 3. The molecule has 3 aromatic carbocycles. The second-order valence-corrected chi connectivity index (χ2v) is 10.6. The number of aryl methyl sites for hydroxylation is 1. The van der Waals surface area contributed by atoms with Gasteiger partial charge in [-0.1, -0.05) is 29.8 Å². The van der Waals surface area contributed by atoms with Gasteiger partial charge in [0.2, 0.25) is 5.91 Å². The normalized spacial score (nSPS) is 14.1. The Morgan fingerprint density at radius 2 is 1.74 bits per heavy atom. The number of nitrogens with one attached hydrogen (secondary N) is 4. The Balaban J connectivity index is 1.23. The number of morpholine rings is 1. The molecule has 0 radical (unpaired) electrons. The van der Waals surface area contributed by atoms with Crippen molar-refractivity contribution in [2.24, 2.45) is 0 Å². The molecule has 5 rings (SSSR count). The number of carbonyl (C=O) groups is 2. The summed E-state index contributed by atoms with van der Waals surface area (Å²) in [6, 6.07) is 13.5. The number of H-pyrrole nitrogens is 1. The Kier molecular flexibility index (Phi) is 9.19. The Hall–Kier alpha value is -4.13. The summed E-state index contributed by atoms with van der Waals surface area (Å²) in [6.45, 7) is 6.42. The Morgan fingerprint density at radius 1 is 1.02 bits per heavy atom. The molecule has 0 aliphatic carbocycles. The minimum atomic E-state index is -4.65. The maximum Gasteiger partial charge on any atom is 0.417 e. The van der Waals surface area contributed by atoms with Crippen LogP contribution in [0.15, 0.2) is 54.6 Å². The number of hydrogen-bond donors (Lipinski definition) is 4. The van der Waals surface area contributed by atoms with E-state index in [1.165, 1.54) is 6.07 Å². The zero-order valence-electron chi connectivity index (χ0n) is 23.3. The third-order valence-electron chi connectivity index (χ3n) is 7.16. The van der Waals surface area contributed by atoms with Gasteiger partial charge in [0.1, 0.15) is 0 Å². The van der Waals surface area contributed by atoms with Crippen LogP contribution < -0.4 is 16.0 Å². The van der Waals surface area contributed by atoms with Crippen molar-refractivity contribution in [3.8, 4) is 11.1 Å². The lowest BCUT2D eigenvalue weighted by Crippen LogP contribution is -2.41. The highest BCUT2D eigenvalue weighted by molar-refractivity contribution is 6.31. The molecule has 9 nitrogen and oxygen atoms in total. The maximum absolute atomic E-state index is 13.2. The number of aromatic amines is 1. The highest BCUT2D eigenvalue weighted by Gasteiger charge is 2.33. The van der Waals surface area contributed by atoms with Gasteiger partial charge in [-0.05, 0) is 60.0 Å². The number of aromatic nitrogens is 2. The highest BCUT2D eigenvalue weighted by atomic mass is 35.5. The van der Waals surface area contributed by atoms with Crippen LogP contribution >= 0.6 is 11.6 Å². The molecule has 1 fully saturated rings. The standard InChI is InChI=1S/C30H30ClF3N6O3/c1-18-2-4-20(36-29(42)37-21-5-7-25(31)24(16-21)30(32,33)34)15-23(18)19-3-6-22-26(14-19)38-39-27(22)17-28(41)35-8-9-40-10-12-43-13-11-40/h2-7,14-16H,8-13,17H2,1H3,(H,35,41)(H,38,39)(H2,36,37,42). The quantitative estimate of drug-likeness (QED) is 0.199. The molecular weight excluding hydrogens is 585 g/mol. The van der Waals surface area contributed by atoms with Gasteiger partial charge in [0.15, 0.2) is 0 Å². The molecule has 1 aromatic heterocycles. The van der Waals surface area contributed by atoms with Crippen molar-refractivity contribution in [1.82, 2.24) is 20.4 Å². The van der Waals surface area contributed by atoms with Crippen LogP contribution in [0, 0.1) is 6.92 Å². The third-order valence-corrected chi connectivity index (χ3v) is 7.49. The van der Waals surface area contributed by atoms with E-state index in [0.29, 0.717) is 36.7 Å². The lowest BCUT2D eigenvalue weighted by atomic mass is 9.98. The third kappa shape index (κ3) is 7.64. The van der Waals surface area contributed by atoms with Crippen molar-refractivity contribution in [2.75, 3.05) is 50.0 Å². The Bertz CT molecular complexity index is 1640. The first-order valence-electron chi connectivity index (χ1n) is 13.7. The summed E-state index contributed by atoms with van der Waals surface area (Å²) in [6.07, 6.45) is -4.48. The van der Waals surface area contributed by atoms with Crippen LogP contribution in [0.2, 0.25) is 5.02 Å². The van der Waals surface area contributed by atoms with Crippen LogP contribution in [0.25, 0.3) is 22.0 Å². The van der Waals surface area contributed by atoms with Gasteiger partial charge in [0.25, 0.3) is 0 Å². The molecule has 1 aliphatic heterocycles. The molecule has 1 aliphatic rings. The first-order valence-corrected chi connectivity index (χ1v) is 14.0. The van der Waals surface area contributed by atoms with Gasteiger partial charge < -0.3 is 20.7 Å². The lowest BCUT2D eigenvalue weighted by Gasteiger charge is -2.26. The number of rotatable bonds is 8.